The third kappa shape index (κ3) is 4.75. The number of nitrogens with one attached hydrogen (secondary N) is 2. The first-order valence-corrected chi connectivity index (χ1v) is 12.0. The van der Waals surface area contributed by atoms with Crippen molar-refractivity contribution in [2.75, 3.05) is 17.2 Å². The quantitative estimate of drug-likeness (QED) is 0.340. The topological polar surface area (TPSA) is 137 Å². The molecule has 2 amide bonds. The molecule has 36 heavy (non-hydrogen) atoms. The number of aliphatic hydroxyl groups excluding tert-OH is 1. The van der Waals surface area contributed by atoms with Crippen LogP contribution < -0.4 is 15.4 Å². The minimum atomic E-state index is -0.629. The molecule has 10 heteroatoms. The molecule has 0 unspecified atom stereocenters. The van der Waals surface area contributed by atoms with Crippen LogP contribution in [-0.4, -0.2) is 33.5 Å². The minimum absolute atomic E-state index is 0.271. The van der Waals surface area contributed by atoms with Gasteiger partial charge in [0.15, 0.2) is 5.13 Å². The first-order chi connectivity index (χ1) is 17.4. The van der Waals surface area contributed by atoms with Crippen molar-refractivity contribution in [3.8, 4) is 17.7 Å². The van der Waals surface area contributed by atoms with E-state index in [1.807, 2.05) is 19.1 Å². The van der Waals surface area contributed by atoms with E-state index in [9.17, 15) is 14.9 Å². The van der Waals surface area contributed by atoms with Crippen LogP contribution in [0, 0.1) is 18.3 Å². The molecule has 4 aromatic rings. The molecule has 9 nitrogen and oxygen atoms in total. The molecule has 0 radical (unpaired) electrons. The number of nitriles is 1. The summed E-state index contributed by atoms with van der Waals surface area (Å²) in [6.45, 7) is 1.25. The molecule has 1 saturated carbocycles. The molecular weight excluding hydrogens is 478 g/mol. The van der Waals surface area contributed by atoms with E-state index in [0.29, 0.717) is 38.4 Å². The predicted molar refractivity (Wildman–Crippen MR) is 135 cm³/mol. The van der Waals surface area contributed by atoms with E-state index >= 15 is 0 Å². The van der Waals surface area contributed by atoms with Crippen molar-refractivity contribution in [3.63, 3.8) is 0 Å². The van der Waals surface area contributed by atoms with Gasteiger partial charge in [0.25, 0.3) is 11.8 Å². The van der Waals surface area contributed by atoms with Gasteiger partial charge in [-0.15, -0.1) is 0 Å². The van der Waals surface area contributed by atoms with Gasteiger partial charge in [0.2, 0.25) is 5.88 Å². The molecule has 5 rings (SSSR count). The van der Waals surface area contributed by atoms with Crippen LogP contribution >= 0.6 is 11.3 Å². The molecule has 0 aliphatic heterocycles. The molecule has 0 bridgehead atoms. The molecular formula is C26H21N5O4S. The predicted octanol–water partition coefficient (Wildman–Crippen LogP) is 4.53. The van der Waals surface area contributed by atoms with Gasteiger partial charge >= 0.3 is 0 Å². The maximum atomic E-state index is 13.0. The Kier molecular flexibility index (Phi) is 6.10. The number of carbonyl (C=O) groups excluding carboxylic acids is 2. The summed E-state index contributed by atoms with van der Waals surface area (Å²) in [5.41, 5.74) is 2.94. The van der Waals surface area contributed by atoms with Gasteiger partial charge in [0, 0.05) is 23.4 Å². The van der Waals surface area contributed by atoms with Crippen LogP contribution in [0.4, 0.5) is 10.8 Å². The smallest absolute Gasteiger partial charge is 0.255 e. The summed E-state index contributed by atoms with van der Waals surface area (Å²) in [7, 11) is 0. The Morgan fingerprint density at radius 2 is 1.97 bits per heavy atom. The molecule has 0 atom stereocenters. The standard InChI is InChI=1S/C26H21N5O4S/c1-15-5-6-18(35-22-8-7-19-24(31-22)36-25(29-19)30-21(33)13-32)12-20(15)28-23(34)16-3-2-4-17(11-16)26(14-27)9-10-26/h2-8,11-12,32H,9-10,13H2,1H3,(H,28,34)(H,29,30,33). The SMILES string of the molecule is Cc1ccc(Oc2ccc3nc(NC(=O)CO)sc3n2)cc1NC(=O)c1cccc(C2(C#N)CC2)c1. The Hall–Kier alpha value is -4.33. The van der Waals surface area contributed by atoms with Crippen LogP contribution in [0.1, 0.15) is 34.3 Å². The number of aromatic nitrogens is 2. The highest BCUT2D eigenvalue weighted by atomic mass is 32.1. The average Bonchev–Trinajstić information content (AvgIpc) is 3.59. The van der Waals surface area contributed by atoms with E-state index in [1.165, 1.54) is 0 Å². The van der Waals surface area contributed by atoms with E-state index in [2.05, 4.69) is 26.7 Å². The number of aryl methyl sites for hydroxylation is 1. The Morgan fingerprint density at radius 3 is 2.72 bits per heavy atom. The van der Waals surface area contributed by atoms with Gasteiger partial charge in [-0.25, -0.2) is 9.97 Å². The summed E-state index contributed by atoms with van der Waals surface area (Å²) in [5.74, 6) is -0.0152. The number of carbonyl (C=O) groups is 2. The van der Waals surface area contributed by atoms with Crippen molar-refractivity contribution in [1.82, 2.24) is 9.97 Å². The third-order valence-electron chi connectivity index (χ3n) is 5.94. The minimum Gasteiger partial charge on any atom is -0.439 e. The lowest BCUT2D eigenvalue weighted by molar-refractivity contribution is -0.118. The van der Waals surface area contributed by atoms with Crippen LogP contribution in [0.3, 0.4) is 0 Å². The van der Waals surface area contributed by atoms with E-state index in [4.69, 9.17) is 9.84 Å². The lowest BCUT2D eigenvalue weighted by atomic mass is 9.96. The summed E-state index contributed by atoms with van der Waals surface area (Å²) >= 11 is 1.16. The van der Waals surface area contributed by atoms with E-state index in [0.717, 1.165) is 35.3 Å². The second-order valence-corrected chi connectivity index (χ2v) is 9.48. The molecule has 1 aliphatic carbocycles. The molecule has 2 aromatic heterocycles. The number of anilines is 2. The summed E-state index contributed by atoms with van der Waals surface area (Å²) in [6, 6.07) is 18.3. The highest BCUT2D eigenvalue weighted by molar-refractivity contribution is 7.21. The molecule has 1 fully saturated rings. The van der Waals surface area contributed by atoms with Gasteiger partial charge in [-0.3, -0.25) is 14.9 Å². The number of pyridine rings is 1. The highest BCUT2D eigenvalue weighted by Crippen LogP contribution is 2.47. The number of benzene rings is 2. The number of thiazole rings is 1. The molecule has 2 heterocycles. The zero-order valence-electron chi connectivity index (χ0n) is 19.2. The van der Waals surface area contributed by atoms with Gasteiger partial charge in [-0.05, 0) is 55.2 Å². The van der Waals surface area contributed by atoms with Gasteiger partial charge in [0.1, 0.15) is 22.7 Å². The van der Waals surface area contributed by atoms with Gasteiger partial charge in [-0.1, -0.05) is 29.5 Å². The fourth-order valence-corrected chi connectivity index (χ4v) is 4.58. The van der Waals surface area contributed by atoms with Crippen LogP contribution in [0.25, 0.3) is 10.3 Å². The largest absolute Gasteiger partial charge is 0.439 e. The molecule has 3 N–H and O–H groups in total. The molecule has 1 aliphatic rings. The van der Waals surface area contributed by atoms with E-state index < -0.39 is 17.9 Å². The third-order valence-corrected chi connectivity index (χ3v) is 6.82. The summed E-state index contributed by atoms with van der Waals surface area (Å²) in [4.78, 5) is 33.6. The number of hydrogen-bond donors (Lipinski definition) is 3. The number of ether oxygens (including phenoxy) is 1. The normalized spacial score (nSPS) is 13.6. The van der Waals surface area contributed by atoms with Crippen LogP contribution in [-0.2, 0) is 10.2 Å². The summed E-state index contributed by atoms with van der Waals surface area (Å²) in [6.07, 6.45) is 1.63. The van der Waals surface area contributed by atoms with Crippen LogP contribution in [0.2, 0.25) is 0 Å². The summed E-state index contributed by atoms with van der Waals surface area (Å²) < 4.78 is 5.92. The Labute approximate surface area is 210 Å². The van der Waals surface area contributed by atoms with E-state index in [1.54, 1.807) is 42.5 Å². The molecule has 0 spiro atoms. The molecule has 180 valence electrons. The maximum Gasteiger partial charge on any atom is 0.255 e. The fraction of sp³-hybridized carbons (Fsp3) is 0.192. The lowest BCUT2D eigenvalue weighted by Gasteiger charge is -2.12. The number of rotatable bonds is 7. The second kappa shape index (κ2) is 9.37. The van der Waals surface area contributed by atoms with Crippen LogP contribution in [0.15, 0.2) is 54.6 Å². The highest BCUT2D eigenvalue weighted by Gasteiger charge is 2.45. The number of hydrogen-bond acceptors (Lipinski definition) is 8. The first-order valence-electron chi connectivity index (χ1n) is 11.2. The maximum absolute atomic E-state index is 13.0. The van der Waals surface area contributed by atoms with Crippen molar-refractivity contribution >= 4 is 44.3 Å². The Balaban J connectivity index is 1.32. The monoisotopic (exact) mass is 499 g/mol. The van der Waals surface area contributed by atoms with Crippen molar-refractivity contribution in [2.24, 2.45) is 0 Å². The Bertz CT molecular complexity index is 1540. The zero-order chi connectivity index (χ0) is 25.3. The average molecular weight is 500 g/mol. The van der Waals surface area contributed by atoms with Crippen LogP contribution in [0.5, 0.6) is 11.6 Å². The Morgan fingerprint density at radius 1 is 1.14 bits per heavy atom. The molecule has 0 saturated heterocycles. The number of aliphatic hydroxyl groups is 1. The van der Waals surface area contributed by atoms with Crippen molar-refractivity contribution in [3.05, 3.63) is 71.3 Å². The lowest BCUT2D eigenvalue weighted by Crippen LogP contribution is -2.14. The van der Waals surface area contributed by atoms with Crippen molar-refractivity contribution < 1.29 is 19.4 Å². The second-order valence-electron chi connectivity index (χ2n) is 8.51. The van der Waals surface area contributed by atoms with Crippen molar-refractivity contribution in [1.29, 1.82) is 5.26 Å². The van der Waals surface area contributed by atoms with Gasteiger partial charge in [0.05, 0.1) is 11.5 Å². The van der Waals surface area contributed by atoms with E-state index in [-0.39, 0.29) is 5.91 Å². The number of nitrogens with zero attached hydrogens (tertiary/aromatic N) is 3. The number of fused-ring (bicyclic) bond motifs is 1. The first kappa shape index (κ1) is 23.4. The number of amides is 2. The van der Waals surface area contributed by atoms with Crippen molar-refractivity contribution in [2.45, 2.75) is 25.2 Å². The fourth-order valence-electron chi connectivity index (χ4n) is 3.73. The molecule has 2 aromatic carbocycles. The summed E-state index contributed by atoms with van der Waals surface area (Å²) in [5, 5.41) is 24.1. The van der Waals surface area contributed by atoms with Gasteiger partial charge in [-0.2, -0.15) is 5.26 Å². The van der Waals surface area contributed by atoms with Gasteiger partial charge < -0.3 is 15.2 Å². The zero-order valence-corrected chi connectivity index (χ0v) is 20.1.